The van der Waals surface area contributed by atoms with Gasteiger partial charge < -0.3 is 10.1 Å². The molecule has 2 aromatic heterocycles. The standard InChI is InChI=1S/C15H12N2O3/c18-14(17-6-5-10(9-17)15(19)20)7-11-8-16-13-4-2-1-3-12(11)13/h1-6,8-9,16H,7H2,(H,19,20). The minimum atomic E-state index is -1.04. The molecule has 100 valence electrons. The molecule has 20 heavy (non-hydrogen) atoms. The second-order valence-electron chi connectivity index (χ2n) is 4.54. The van der Waals surface area contributed by atoms with Crippen molar-refractivity contribution < 1.29 is 14.7 Å². The van der Waals surface area contributed by atoms with Gasteiger partial charge in [0, 0.05) is 29.5 Å². The number of H-pyrrole nitrogens is 1. The number of carboxylic acids is 1. The van der Waals surface area contributed by atoms with Gasteiger partial charge in [-0.3, -0.25) is 9.36 Å². The van der Waals surface area contributed by atoms with Gasteiger partial charge in [-0.1, -0.05) is 18.2 Å². The molecule has 0 fully saturated rings. The van der Waals surface area contributed by atoms with Crippen molar-refractivity contribution in [1.82, 2.24) is 9.55 Å². The Bertz CT molecular complexity index is 798. The average Bonchev–Trinajstić information content (AvgIpc) is 3.06. The van der Waals surface area contributed by atoms with Crippen molar-refractivity contribution in [3.8, 4) is 0 Å². The molecule has 2 heterocycles. The topological polar surface area (TPSA) is 75.1 Å². The molecule has 0 aliphatic rings. The Morgan fingerprint density at radius 2 is 2.00 bits per heavy atom. The van der Waals surface area contributed by atoms with Crippen molar-refractivity contribution >= 4 is 22.8 Å². The van der Waals surface area contributed by atoms with E-state index in [4.69, 9.17) is 5.11 Å². The van der Waals surface area contributed by atoms with Crippen LogP contribution in [0.5, 0.6) is 0 Å². The van der Waals surface area contributed by atoms with Crippen LogP contribution in [0, 0.1) is 0 Å². The highest BCUT2D eigenvalue weighted by Gasteiger charge is 2.12. The third kappa shape index (κ3) is 2.09. The summed E-state index contributed by atoms with van der Waals surface area (Å²) in [6, 6.07) is 9.15. The van der Waals surface area contributed by atoms with E-state index in [1.165, 1.54) is 23.0 Å². The third-order valence-corrected chi connectivity index (χ3v) is 3.24. The lowest BCUT2D eigenvalue weighted by atomic mass is 10.1. The number of hydrogen-bond donors (Lipinski definition) is 2. The summed E-state index contributed by atoms with van der Waals surface area (Å²) in [4.78, 5) is 26.1. The molecule has 0 spiro atoms. The molecule has 0 atom stereocenters. The number of aromatic amines is 1. The normalized spacial score (nSPS) is 10.8. The molecule has 1 aromatic carbocycles. The summed E-state index contributed by atoms with van der Waals surface area (Å²) in [6.45, 7) is 0. The van der Waals surface area contributed by atoms with E-state index in [2.05, 4.69) is 4.98 Å². The van der Waals surface area contributed by atoms with E-state index in [9.17, 15) is 9.59 Å². The van der Waals surface area contributed by atoms with Crippen LogP contribution in [0.3, 0.4) is 0 Å². The zero-order valence-electron chi connectivity index (χ0n) is 10.5. The Morgan fingerprint density at radius 3 is 2.75 bits per heavy atom. The lowest BCUT2D eigenvalue weighted by Crippen LogP contribution is -2.11. The highest BCUT2D eigenvalue weighted by Crippen LogP contribution is 2.18. The van der Waals surface area contributed by atoms with Crippen LogP contribution in [0.4, 0.5) is 0 Å². The number of benzene rings is 1. The number of para-hydroxylation sites is 1. The first-order chi connectivity index (χ1) is 9.65. The number of hydrogen-bond acceptors (Lipinski definition) is 2. The van der Waals surface area contributed by atoms with Gasteiger partial charge in [-0.25, -0.2) is 4.79 Å². The van der Waals surface area contributed by atoms with Gasteiger partial charge in [0.15, 0.2) is 0 Å². The quantitative estimate of drug-likeness (QED) is 0.766. The van der Waals surface area contributed by atoms with Gasteiger partial charge in [0.1, 0.15) is 0 Å². The van der Waals surface area contributed by atoms with E-state index < -0.39 is 5.97 Å². The largest absolute Gasteiger partial charge is 0.478 e. The van der Waals surface area contributed by atoms with Gasteiger partial charge in [0.25, 0.3) is 0 Å². The minimum Gasteiger partial charge on any atom is -0.478 e. The first kappa shape index (κ1) is 12.2. The van der Waals surface area contributed by atoms with E-state index in [1.54, 1.807) is 0 Å². The lowest BCUT2D eigenvalue weighted by Gasteiger charge is -2.01. The Balaban J connectivity index is 1.86. The van der Waals surface area contributed by atoms with E-state index in [0.29, 0.717) is 0 Å². The monoisotopic (exact) mass is 268 g/mol. The Kier molecular flexibility index (Phi) is 2.87. The number of nitrogens with zero attached hydrogens (tertiary/aromatic N) is 1. The summed E-state index contributed by atoms with van der Waals surface area (Å²) in [6.07, 6.45) is 4.84. The number of carbonyl (C=O) groups is 2. The number of carbonyl (C=O) groups excluding carboxylic acids is 1. The fourth-order valence-corrected chi connectivity index (χ4v) is 2.21. The van der Waals surface area contributed by atoms with Gasteiger partial charge in [-0.05, 0) is 17.7 Å². The van der Waals surface area contributed by atoms with Gasteiger partial charge in [0.05, 0.1) is 12.0 Å². The molecular weight excluding hydrogens is 256 g/mol. The molecule has 5 heteroatoms. The Hall–Kier alpha value is -2.82. The number of carboxylic acid groups (broad SMARTS) is 1. The zero-order valence-corrected chi connectivity index (χ0v) is 10.5. The first-order valence-electron chi connectivity index (χ1n) is 6.14. The molecule has 0 aliphatic carbocycles. The molecule has 0 aliphatic heterocycles. The van der Waals surface area contributed by atoms with Crippen LogP contribution in [-0.2, 0) is 6.42 Å². The number of nitrogens with one attached hydrogen (secondary N) is 1. The summed E-state index contributed by atoms with van der Waals surface area (Å²) in [5.41, 5.74) is 1.99. The van der Waals surface area contributed by atoms with Gasteiger partial charge >= 0.3 is 5.97 Å². The summed E-state index contributed by atoms with van der Waals surface area (Å²) in [5, 5.41) is 9.85. The van der Waals surface area contributed by atoms with E-state index in [1.807, 2.05) is 30.5 Å². The van der Waals surface area contributed by atoms with Gasteiger partial charge in [0.2, 0.25) is 5.91 Å². The zero-order chi connectivity index (χ0) is 14.1. The fraction of sp³-hybridized carbons (Fsp3) is 0.0667. The highest BCUT2D eigenvalue weighted by molar-refractivity contribution is 5.92. The van der Waals surface area contributed by atoms with Crippen molar-refractivity contribution in [2.24, 2.45) is 0 Å². The van der Waals surface area contributed by atoms with Crippen LogP contribution in [0.15, 0.2) is 48.9 Å². The van der Waals surface area contributed by atoms with Gasteiger partial charge in [-0.15, -0.1) is 0 Å². The van der Waals surface area contributed by atoms with Gasteiger partial charge in [-0.2, -0.15) is 0 Å². The second kappa shape index (κ2) is 4.70. The van der Waals surface area contributed by atoms with E-state index >= 15 is 0 Å². The molecule has 0 unspecified atom stereocenters. The molecule has 3 rings (SSSR count). The van der Waals surface area contributed by atoms with Crippen molar-refractivity contribution in [2.45, 2.75) is 6.42 Å². The predicted octanol–water partition coefficient (Wildman–Crippen LogP) is 2.55. The Labute approximate surface area is 114 Å². The van der Waals surface area contributed by atoms with E-state index in [-0.39, 0.29) is 17.9 Å². The van der Waals surface area contributed by atoms with Crippen molar-refractivity contribution in [3.63, 3.8) is 0 Å². The minimum absolute atomic E-state index is 0.109. The SMILES string of the molecule is O=C(O)c1ccn(C(=O)Cc2c[nH]c3ccccc23)c1. The molecule has 5 nitrogen and oxygen atoms in total. The van der Waals surface area contributed by atoms with Crippen LogP contribution >= 0.6 is 0 Å². The van der Waals surface area contributed by atoms with Crippen LogP contribution in [-0.4, -0.2) is 26.5 Å². The second-order valence-corrected chi connectivity index (χ2v) is 4.54. The summed E-state index contributed by atoms with van der Waals surface area (Å²) in [7, 11) is 0. The molecule has 0 radical (unpaired) electrons. The summed E-state index contributed by atoms with van der Waals surface area (Å²) in [5.74, 6) is -1.20. The lowest BCUT2D eigenvalue weighted by molar-refractivity contribution is 0.0697. The molecule has 2 N–H and O–H groups in total. The molecule has 0 amide bonds. The molecule has 0 saturated carbocycles. The van der Waals surface area contributed by atoms with Crippen LogP contribution in [0.2, 0.25) is 0 Å². The molecular formula is C15H12N2O3. The number of aromatic nitrogens is 2. The van der Waals surface area contributed by atoms with Crippen LogP contribution < -0.4 is 0 Å². The summed E-state index contributed by atoms with van der Waals surface area (Å²) >= 11 is 0. The number of aromatic carboxylic acids is 1. The smallest absolute Gasteiger partial charge is 0.337 e. The Morgan fingerprint density at radius 1 is 1.20 bits per heavy atom. The highest BCUT2D eigenvalue weighted by atomic mass is 16.4. The van der Waals surface area contributed by atoms with Crippen LogP contribution in [0.1, 0.15) is 20.7 Å². The average molecular weight is 268 g/mol. The first-order valence-corrected chi connectivity index (χ1v) is 6.14. The maximum atomic E-state index is 12.1. The maximum Gasteiger partial charge on any atom is 0.337 e. The maximum absolute atomic E-state index is 12.1. The third-order valence-electron chi connectivity index (χ3n) is 3.24. The molecule has 0 bridgehead atoms. The van der Waals surface area contributed by atoms with E-state index in [0.717, 1.165) is 16.5 Å². The number of fused-ring (bicyclic) bond motifs is 1. The molecule has 0 saturated heterocycles. The molecule has 3 aromatic rings. The van der Waals surface area contributed by atoms with Crippen molar-refractivity contribution in [1.29, 1.82) is 0 Å². The number of rotatable bonds is 3. The summed E-state index contributed by atoms with van der Waals surface area (Å²) < 4.78 is 1.31. The predicted molar refractivity (Wildman–Crippen MR) is 74.0 cm³/mol. The van der Waals surface area contributed by atoms with Crippen molar-refractivity contribution in [2.75, 3.05) is 0 Å². The van der Waals surface area contributed by atoms with Crippen LogP contribution in [0.25, 0.3) is 10.9 Å². The fourth-order valence-electron chi connectivity index (χ4n) is 2.21. The van der Waals surface area contributed by atoms with Crippen molar-refractivity contribution in [3.05, 3.63) is 60.0 Å².